The molecule has 2 aliphatic rings. The molecule has 1 unspecified atom stereocenters. The standard InChI is InChI=1S/C25H28N2O4/c1-25(2)13-18(26-3)23(21(30)14-25)19(28)10-9-17-24-20(29)11-16(12-22(24)31-27-17)15-7-5-4-6-8-15/h4-8,16,28H,9-14H2,1-3H3/b23-19-,26-18?. The zero-order valence-corrected chi connectivity index (χ0v) is 18.3. The molecule has 1 fully saturated rings. The number of hydrogen-bond donors (Lipinski definition) is 1. The molecule has 2 aliphatic carbocycles. The second kappa shape index (κ2) is 8.25. The molecule has 0 radical (unpaired) electrons. The van der Waals surface area contributed by atoms with Crippen LogP contribution in [0, 0.1) is 5.41 Å². The number of aryl methyl sites for hydroxylation is 1. The Morgan fingerprint density at radius 2 is 1.90 bits per heavy atom. The Morgan fingerprint density at radius 1 is 1.16 bits per heavy atom. The first kappa shape index (κ1) is 21.2. The molecule has 2 aromatic rings. The predicted molar refractivity (Wildman–Crippen MR) is 118 cm³/mol. The third-order valence-corrected chi connectivity index (χ3v) is 6.26. The van der Waals surface area contributed by atoms with E-state index in [4.69, 9.17) is 4.52 Å². The maximum atomic E-state index is 12.9. The number of hydrogen-bond acceptors (Lipinski definition) is 6. The van der Waals surface area contributed by atoms with Crippen LogP contribution in [-0.2, 0) is 17.6 Å². The number of carbonyl (C=O) groups excluding carboxylic acids is 2. The van der Waals surface area contributed by atoms with E-state index in [2.05, 4.69) is 10.1 Å². The van der Waals surface area contributed by atoms with Crippen molar-refractivity contribution in [1.82, 2.24) is 5.16 Å². The molecule has 6 nitrogen and oxygen atoms in total. The van der Waals surface area contributed by atoms with Crippen molar-refractivity contribution in [3.8, 4) is 0 Å². The Hall–Kier alpha value is -3.02. The van der Waals surface area contributed by atoms with Gasteiger partial charge >= 0.3 is 0 Å². The van der Waals surface area contributed by atoms with Crippen molar-refractivity contribution in [2.75, 3.05) is 7.05 Å². The van der Waals surface area contributed by atoms with Crippen LogP contribution in [0.5, 0.6) is 0 Å². The summed E-state index contributed by atoms with van der Waals surface area (Å²) in [6.45, 7) is 4.06. The Labute approximate surface area is 182 Å². The molecular weight excluding hydrogens is 392 g/mol. The molecule has 0 aliphatic heterocycles. The molecule has 1 atom stereocenters. The first-order valence-corrected chi connectivity index (χ1v) is 10.8. The lowest BCUT2D eigenvalue weighted by molar-refractivity contribution is -0.117. The van der Waals surface area contributed by atoms with Gasteiger partial charge < -0.3 is 9.63 Å². The number of aliphatic hydroxyl groups excluding tert-OH is 1. The van der Waals surface area contributed by atoms with Crippen LogP contribution < -0.4 is 0 Å². The summed E-state index contributed by atoms with van der Waals surface area (Å²) in [7, 11) is 1.65. The molecular formula is C25H28N2O4. The van der Waals surface area contributed by atoms with Crippen LogP contribution in [-0.4, -0.2) is 34.6 Å². The summed E-state index contributed by atoms with van der Waals surface area (Å²) in [6.07, 6.45) is 2.62. The Kier molecular flexibility index (Phi) is 5.65. The Balaban J connectivity index is 1.52. The Morgan fingerprint density at radius 3 is 2.61 bits per heavy atom. The van der Waals surface area contributed by atoms with Gasteiger partial charge in [0.05, 0.1) is 16.8 Å². The summed E-state index contributed by atoms with van der Waals surface area (Å²) >= 11 is 0. The van der Waals surface area contributed by atoms with Gasteiger partial charge in [-0.2, -0.15) is 0 Å². The normalized spacial score (nSPS) is 23.7. The van der Waals surface area contributed by atoms with Gasteiger partial charge in [-0.05, 0) is 23.3 Å². The van der Waals surface area contributed by atoms with E-state index in [-0.39, 0.29) is 35.1 Å². The zero-order valence-electron chi connectivity index (χ0n) is 18.3. The largest absolute Gasteiger partial charge is 0.511 e. The average molecular weight is 421 g/mol. The van der Waals surface area contributed by atoms with Gasteiger partial charge in [-0.1, -0.05) is 49.3 Å². The highest BCUT2D eigenvalue weighted by Crippen LogP contribution is 2.37. The fourth-order valence-electron chi connectivity index (χ4n) is 4.74. The van der Waals surface area contributed by atoms with Crippen molar-refractivity contribution >= 4 is 17.3 Å². The number of aliphatic imine (C=N–C) groups is 1. The highest BCUT2D eigenvalue weighted by Gasteiger charge is 2.36. The second-order valence-electron chi connectivity index (χ2n) is 9.30. The van der Waals surface area contributed by atoms with E-state index in [1.165, 1.54) is 0 Å². The number of allylic oxidation sites excluding steroid dienone is 2. The molecule has 1 aromatic carbocycles. The van der Waals surface area contributed by atoms with Crippen molar-refractivity contribution in [1.29, 1.82) is 0 Å². The van der Waals surface area contributed by atoms with Gasteiger partial charge in [0.25, 0.3) is 0 Å². The van der Waals surface area contributed by atoms with Crippen LogP contribution in [0.2, 0.25) is 0 Å². The minimum absolute atomic E-state index is 0.0169. The third kappa shape index (κ3) is 4.24. The number of benzene rings is 1. The number of carbonyl (C=O) groups is 2. The van der Waals surface area contributed by atoms with Crippen molar-refractivity contribution < 1.29 is 19.2 Å². The molecule has 31 heavy (non-hydrogen) atoms. The van der Waals surface area contributed by atoms with Crippen molar-refractivity contribution in [3.63, 3.8) is 0 Å². The summed E-state index contributed by atoms with van der Waals surface area (Å²) in [5, 5.41) is 14.8. The molecule has 1 heterocycles. The van der Waals surface area contributed by atoms with Crippen molar-refractivity contribution in [3.05, 3.63) is 64.2 Å². The van der Waals surface area contributed by atoms with Gasteiger partial charge in [0.1, 0.15) is 11.5 Å². The molecule has 1 saturated carbocycles. The van der Waals surface area contributed by atoms with E-state index < -0.39 is 0 Å². The van der Waals surface area contributed by atoms with E-state index in [0.29, 0.717) is 60.4 Å². The van der Waals surface area contributed by atoms with Crippen molar-refractivity contribution in [2.24, 2.45) is 10.4 Å². The van der Waals surface area contributed by atoms with Crippen LogP contribution in [0.4, 0.5) is 0 Å². The molecule has 0 saturated heterocycles. The van der Waals surface area contributed by atoms with E-state index in [9.17, 15) is 14.7 Å². The minimum Gasteiger partial charge on any atom is -0.511 e. The first-order valence-electron chi connectivity index (χ1n) is 10.8. The Bertz CT molecular complexity index is 1080. The van der Waals surface area contributed by atoms with E-state index in [1.807, 2.05) is 44.2 Å². The second-order valence-corrected chi connectivity index (χ2v) is 9.30. The lowest BCUT2D eigenvalue weighted by Gasteiger charge is -2.31. The van der Waals surface area contributed by atoms with E-state index >= 15 is 0 Å². The summed E-state index contributed by atoms with van der Waals surface area (Å²) in [5.74, 6) is 0.647. The van der Waals surface area contributed by atoms with Crippen LogP contribution >= 0.6 is 0 Å². The molecule has 162 valence electrons. The zero-order chi connectivity index (χ0) is 22.2. The van der Waals surface area contributed by atoms with Gasteiger partial charge in [0, 0.05) is 44.9 Å². The minimum atomic E-state index is -0.164. The van der Waals surface area contributed by atoms with Crippen molar-refractivity contribution in [2.45, 2.75) is 58.3 Å². The maximum absolute atomic E-state index is 12.9. The summed E-state index contributed by atoms with van der Waals surface area (Å²) < 4.78 is 5.52. The predicted octanol–water partition coefficient (Wildman–Crippen LogP) is 4.79. The van der Waals surface area contributed by atoms with Crippen LogP contribution in [0.3, 0.4) is 0 Å². The van der Waals surface area contributed by atoms with Gasteiger partial charge in [-0.15, -0.1) is 0 Å². The number of aliphatic hydroxyl groups is 1. The molecule has 0 bridgehead atoms. The molecule has 1 N–H and O–H groups in total. The topological polar surface area (TPSA) is 92.8 Å². The number of nitrogens with zero attached hydrogens (tertiary/aromatic N) is 2. The maximum Gasteiger partial charge on any atom is 0.168 e. The van der Waals surface area contributed by atoms with Gasteiger partial charge in [-0.25, -0.2) is 0 Å². The number of fused-ring (bicyclic) bond motifs is 1. The highest BCUT2D eigenvalue weighted by molar-refractivity contribution is 6.24. The molecule has 6 heteroatoms. The van der Waals surface area contributed by atoms with Gasteiger partial charge in [-0.3, -0.25) is 14.6 Å². The third-order valence-electron chi connectivity index (χ3n) is 6.26. The summed E-state index contributed by atoms with van der Waals surface area (Å²) in [5.41, 5.74) is 3.02. The van der Waals surface area contributed by atoms with E-state index in [0.717, 1.165) is 5.56 Å². The monoisotopic (exact) mass is 420 g/mol. The fraction of sp³-hybridized carbons (Fsp3) is 0.440. The number of Topliss-reactive ketones (excluding diaryl/α,β-unsaturated/α-hetero) is 2. The van der Waals surface area contributed by atoms with Gasteiger partial charge in [0.15, 0.2) is 11.6 Å². The van der Waals surface area contributed by atoms with Crippen LogP contribution in [0.1, 0.15) is 72.8 Å². The lowest BCUT2D eigenvalue weighted by Crippen LogP contribution is -2.32. The molecule has 4 rings (SSSR count). The molecule has 1 aromatic heterocycles. The molecule has 0 amide bonds. The van der Waals surface area contributed by atoms with Crippen LogP contribution in [0.25, 0.3) is 0 Å². The quantitative estimate of drug-likeness (QED) is 0.567. The van der Waals surface area contributed by atoms with Crippen LogP contribution in [0.15, 0.2) is 51.2 Å². The SMILES string of the molecule is CN=C1CC(C)(C)CC(=O)/C1=C(\O)CCc1noc2c1C(=O)CC(c1ccccc1)C2. The van der Waals surface area contributed by atoms with E-state index in [1.54, 1.807) is 7.05 Å². The summed E-state index contributed by atoms with van der Waals surface area (Å²) in [6, 6.07) is 9.96. The first-order chi connectivity index (χ1) is 14.8. The average Bonchev–Trinajstić information content (AvgIpc) is 3.15. The number of aromatic nitrogens is 1. The summed E-state index contributed by atoms with van der Waals surface area (Å²) in [4.78, 5) is 29.8. The fourth-order valence-corrected chi connectivity index (χ4v) is 4.74. The number of rotatable bonds is 4. The number of ketones is 2. The molecule has 0 spiro atoms. The smallest absolute Gasteiger partial charge is 0.168 e. The lowest BCUT2D eigenvalue weighted by atomic mass is 9.73. The van der Waals surface area contributed by atoms with Gasteiger partial charge in [0.2, 0.25) is 0 Å². The highest BCUT2D eigenvalue weighted by atomic mass is 16.5.